The molecule has 0 bridgehead atoms. The highest BCUT2D eigenvalue weighted by Crippen LogP contribution is 2.08. The van der Waals surface area contributed by atoms with Crippen molar-refractivity contribution < 1.29 is 9.90 Å². The standard InChI is InChI=1S/C12H14N2O2/c1-2-7-13-11-5-3-10(4-6-11)12(16)14-8-9-15/h1,3-6,13,15H,7-9H2,(H,14,16). The molecule has 0 unspecified atom stereocenters. The summed E-state index contributed by atoms with van der Waals surface area (Å²) in [6.45, 7) is 0.652. The van der Waals surface area contributed by atoms with Gasteiger partial charge in [-0.2, -0.15) is 0 Å². The van der Waals surface area contributed by atoms with E-state index in [0.717, 1.165) is 5.69 Å². The Morgan fingerprint density at radius 1 is 1.38 bits per heavy atom. The average Bonchev–Trinajstić information content (AvgIpc) is 2.34. The van der Waals surface area contributed by atoms with Crippen LogP contribution in [-0.4, -0.2) is 30.7 Å². The number of amides is 1. The van der Waals surface area contributed by atoms with E-state index in [1.165, 1.54) is 0 Å². The zero-order valence-electron chi connectivity index (χ0n) is 8.86. The zero-order valence-corrected chi connectivity index (χ0v) is 8.86. The van der Waals surface area contributed by atoms with Gasteiger partial charge in [-0.15, -0.1) is 6.42 Å². The van der Waals surface area contributed by atoms with Crippen LogP contribution in [0.15, 0.2) is 24.3 Å². The molecule has 0 atom stereocenters. The topological polar surface area (TPSA) is 61.4 Å². The predicted octanol–water partition coefficient (Wildman–Crippen LogP) is 0.454. The maximum Gasteiger partial charge on any atom is 0.251 e. The van der Waals surface area contributed by atoms with E-state index in [1.807, 2.05) is 0 Å². The van der Waals surface area contributed by atoms with Gasteiger partial charge in [-0.05, 0) is 24.3 Å². The van der Waals surface area contributed by atoms with E-state index in [2.05, 4.69) is 16.6 Å². The smallest absolute Gasteiger partial charge is 0.251 e. The van der Waals surface area contributed by atoms with Crippen LogP contribution in [0, 0.1) is 12.3 Å². The summed E-state index contributed by atoms with van der Waals surface area (Å²) in [6.07, 6.45) is 5.11. The summed E-state index contributed by atoms with van der Waals surface area (Å²) >= 11 is 0. The van der Waals surface area contributed by atoms with Crippen molar-refractivity contribution in [3.8, 4) is 12.3 Å². The first-order valence-electron chi connectivity index (χ1n) is 4.94. The lowest BCUT2D eigenvalue weighted by Gasteiger charge is -2.05. The van der Waals surface area contributed by atoms with E-state index < -0.39 is 0 Å². The minimum Gasteiger partial charge on any atom is -0.395 e. The molecule has 1 amide bonds. The Balaban J connectivity index is 2.57. The highest BCUT2D eigenvalue weighted by molar-refractivity contribution is 5.94. The van der Waals surface area contributed by atoms with Crippen LogP contribution >= 0.6 is 0 Å². The van der Waals surface area contributed by atoms with Crippen molar-refractivity contribution >= 4 is 11.6 Å². The highest BCUT2D eigenvalue weighted by Gasteiger charge is 2.03. The van der Waals surface area contributed by atoms with Crippen molar-refractivity contribution in [3.63, 3.8) is 0 Å². The van der Waals surface area contributed by atoms with Gasteiger partial charge in [0, 0.05) is 17.8 Å². The predicted molar refractivity (Wildman–Crippen MR) is 63.2 cm³/mol. The molecule has 1 aromatic carbocycles. The molecule has 0 spiro atoms. The summed E-state index contributed by atoms with van der Waals surface area (Å²) < 4.78 is 0. The van der Waals surface area contributed by atoms with Crippen LogP contribution in [0.2, 0.25) is 0 Å². The number of aliphatic hydroxyl groups is 1. The van der Waals surface area contributed by atoms with Crippen molar-refractivity contribution in [1.29, 1.82) is 0 Å². The quantitative estimate of drug-likeness (QED) is 0.629. The fourth-order valence-corrected chi connectivity index (χ4v) is 1.16. The molecule has 1 rings (SSSR count). The molecule has 0 radical (unpaired) electrons. The number of hydrogen-bond acceptors (Lipinski definition) is 3. The van der Waals surface area contributed by atoms with Crippen LogP contribution in [0.4, 0.5) is 5.69 Å². The summed E-state index contributed by atoms with van der Waals surface area (Å²) in [6, 6.07) is 6.97. The van der Waals surface area contributed by atoms with Gasteiger partial charge in [0.05, 0.1) is 13.2 Å². The lowest BCUT2D eigenvalue weighted by atomic mass is 10.2. The van der Waals surface area contributed by atoms with Gasteiger partial charge in [0.25, 0.3) is 5.91 Å². The van der Waals surface area contributed by atoms with Crippen molar-refractivity contribution in [1.82, 2.24) is 5.32 Å². The maximum atomic E-state index is 11.5. The van der Waals surface area contributed by atoms with Gasteiger partial charge in [-0.3, -0.25) is 4.79 Å². The molecule has 3 N–H and O–H groups in total. The molecule has 0 aliphatic rings. The Labute approximate surface area is 94.7 Å². The normalized spacial score (nSPS) is 9.25. The average molecular weight is 218 g/mol. The molecule has 16 heavy (non-hydrogen) atoms. The minimum atomic E-state index is -0.197. The third kappa shape index (κ3) is 3.64. The molecule has 0 aliphatic carbocycles. The molecular weight excluding hydrogens is 204 g/mol. The largest absolute Gasteiger partial charge is 0.395 e. The van der Waals surface area contributed by atoms with Gasteiger partial charge in [0.2, 0.25) is 0 Å². The fourth-order valence-electron chi connectivity index (χ4n) is 1.16. The first-order chi connectivity index (χ1) is 7.77. The molecule has 84 valence electrons. The molecule has 4 heteroatoms. The molecule has 0 heterocycles. The molecule has 0 aromatic heterocycles. The SMILES string of the molecule is C#CCNc1ccc(C(=O)NCCO)cc1. The Morgan fingerprint density at radius 2 is 2.06 bits per heavy atom. The number of aliphatic hydroxyl groups excluding tert-OH is 1. The second kappa shape index (κ2) is 6.49. The molecule has 0 saturated heterocycles. The van der Waals surface area contributed by atoms with Crippen molar-refractivity contribution in [3.05, 3.63) is 29.8 Å². The maximum absolute atomic E-state index is 11.5. The summed E-state index contributed by atoms with van der Waals surface area (Å²) in [5.41, 5.74) is 1.43. The van der Waals surface area contributed by atoms with Gasteiger partial charge in [-0.1, -0.05) is 5.92 Å². The summed E-state index contributed by atoms with van der Waals surface area (Å²) in [4.78, 5) is 11.5. The minimum absolute atomic E-state index is 0.0620. The first kappa shape index (κ1) is 12.1. The van der Waals surface area contributed by atoms with E-state index in [-0.39, 0.29) is 19.1 Å². The van der Waals surface area contributed by atoms with Gasteiger partial charge in [0.15, 0.2) is 0 Å². The molecular formula is C12H14N2O2. The van der Waals surface area contributed by atoms with Gasteiger partial charge < -0.3 is 15.7 Å². The Morgan fingerprint density at radius 3 is 2.62 bits per heavy atom. The van der Waals surface area contributed by atoms with E-state index in [4.69, 9.17) is 11.5 Å². The highest BCUT2D eigenvalue weighted by atomic mass is 16.3. The van der Waals surface area contributed by atoms with Crippen LogP contribution in [0.25, 0.3) is 0 Å². The van der Waals surface area contributed by atoms with E-state index in [9.17, 15) is 4.79 Å². The second-order valence-corrected chi connectivity index (χ2v) is 3.11. The molecule has 4 nitrogen and oxygen atoms in total. The summed E-state index contributed by atoms with van der Waals surface area (Å²) in [5.74, 6) is 2.27. The van der Waals surface area contributed by atoms with Gasteiger partial charge in [0.1, 0.15) is 0 Å². The monoisotopic (exact) mass is 218 g/mol. The number of nitrogens with one attached hydrogen (secondary N) is 2. The molecule has 1 aromatic rings. The van der Waals surface area contributed by atoms with Crippen LogP contribution in [0.3, 0.4) is 0 Å². The van der Waals surface area contributed by atoms with E-state index in [1.54, 1.807) is 24.3 Å². The molecule has 0 fully saturated rings. The molecule has 0 saturated carbocycles. The number of carbonyl (C=O) groups excluding carboxylic acids is 1. The third-order valence-corrected chi connectivity index (χ3v) is 1.94. The Bertz CT molecular complexity index is 379. The number of carbonyl (C=O) groups is 1. The Hall–Kier alpha value is -1.99. The lowest BCUT2D eigenvalue weighted by molar-refractivity contribution is 0.0945. The summed E-state index contributed by atoms with van der Waals surface area (Å²) in [7, 11) is 0. The van der Waals surface area contributed by atoms with Crippen molar-refractivity contribution in [2.45, 2.75) is 0 Å². The van der Waals surface area contributed by atoms with E-state index in [0.29, 0.717) is 12.1 Å². The zero-order chi connectivity index (χ0) is 11.8. The number of anilines is 1. The molecule has 0 aliphatic heterocycles. The lowest BCUT2D eigenvalue weighted by Crippen LogP contribution is -2.26. The number of benzene rings is 1. The fraction of sp³-hybridized carbons (Fsp3) is 0.250. The van der Waals surface area contributed by atoms with Crippen molar-refractivity contribution in [2.75, 3.05) is 25.0 Å². The van der Waals surface area contributed by atoms with Crippen LogP contribution in [-0.2, 0) is 0 Å². The van der Waals surface area contributed by atoms with E-state index >= 15 is 0 Å². The van der Waals surface area contributed by atoms with Gasteiger partial charge >= 0.3 is 0 Å². The first-order valence-corrected chi connectivity index (χ1v) is 4.94. The number of terminal acetylenes is 1. The van der Waals surface area contributed by atoms with Crippen LogP contribution in [0.5, 0.6) is 0 Å². The van der Waals surface area contributed by atoms with Gasteiger partial charge in [-0.25, -0.2) is 0 Å². The third-order valence-electron chi connectivity index (χ3n) is 1.94. The second-order valence-electron chi connectivity index (χ2n) is 3.11. The van der Waals surface area contributed by atoms with Crippen LogP contribution < -0.4 is 10.6 Å². The van der Waals surface area contributed by atoms with Crippen LogP contribution in [0.1, 0.15) is 10.4 Å². The number of rotatable bonds is 5. The van der Waals surface area contributed by atoms with Crippen molar-refractivity contribution in [2.24, 2.45) is 0 Å². The number of hydrogen-bond donors (Lipinski definition) is 3. The Kier molecular flexibility index (Phi) is 4.90. The summed E-state index contributed by atoms with van der Waals surface area (Å²) in [5, 5.41) is 14.1.